The smallest absolute Gasteiger partial charge is 0.279 e. The highest BCUT2D eigenvalue weighted by Gasteiger charge is 1.99. The first kappa shape index (κ1) is 11.8. The standard InChI is InChI=1S/C12H10O4/c1-10(9-13)15-16-12(14)8-7-11-5-3-2-4-6-11/h2-8H,1H3. The maximum Gasteiger partial charge on any atom is 0.379 e. The van der Waals surface area contributed by atoms with Gasteiger partial charge in [-0.25, -0.2) is 14.5 Å². The van der Waals surface area contributed by atoms with Crippen molar-refractivity contribution in [1.82, 2.24) is 0 Å². The van der Waals surface area contributed by atoms with Gasteiger partial charge in [-0.2, -0.15) is 0 Å². The Kier molecular flexibility index (Phi) is 4.57. The highest BCUT2D eigenvalue weighted by atomic mass is 17.2. The molecule has 0 unspecified atom stereocenters. The molecule has 0 saturated carbocycles. The van der Waals surface area contributed by atoms with Crippen LogP contribution in [-0.4, -0.2) is 11.9 Å². The molecule has 0 saturated heterocycles. The van der Waals surface area contributed by atoms with Crippen LogP contribution in [0.15, 0.2) is 42.2 Å². The van der Waals surface area contributed by atoms with Crippen LogP contribution >= 0.6 is 0 Å². The number of hydrogen-bond acceptors (Lipinski definition) is 4. The molecule has 4 nitrogen and oxygen atoms in total. The van der Waals surface area contributed by atoms with Crippen molar-refractivity contribution >= 4 is 18.0 Å². The molecule has 16 heavy (non-hydrogen) atoms. The first-order valence-electron chi connectivity index (χ1n) is 4.55. The second-order valence-corrected chi connectivity index (χ2v) is 2.89. The van der Waals surface area contributed by atoms with E-state index < -0.39 is 5.97 Å². The molecule has 4 heteroatoms. The van der Waals surface area contributed by atoms with Gasteiger partial charge < -0.3 is 0 Å². The predicted octanol–water partition coefficient (Wildman–Crippen LogP) is 1.91. The van der Waals surface area contributed by atoms with Crippen molar-refractivity contribution in [1.29, 1.82) is 0 Å². The quantitative estimate of drug-likeness (QED) is 0.255. The van der Waals surface area contributed by atoms with Crippen LogP contribution in [-0.2, 0) is 19.4 Å². The van der Waals surface area contributed by atoms with E-state index in [0.29, 0.717) is 0 Å². The van der Waals surface area contributed by atoms with E-state index in [0.717, 1.165) is 5.56 Å². The summed E-state index contributed by atoms with van der Waals surface area (Å²) in [4.78, 5) is 29.7. The number of benzene rings is 1. The largest absolute Gasteiger partial charge is 0.379 e. The Labute approximate surface area is 92.7 Å². The Bertz CT molecular complexity index is 428. The van der Waals surface area contributed by atoms with E-state index in [2.05, 4.69) is 9.78 Å². The Morgan fingerprint density at radius 3 is 2.56 bits per heavy atom. The molecule has 82 valence electrons. The SMILES string of the molecule is CC(=C=O)OOC(=O)C=Cc1ccccc1. The maximum atomic E-state index is 11.1. The number of rotatable bonds is 4. The minimum Gasteiger partial charge on any atom is -0.279 e. The molecule has 0 aliphatic carbocycles. The molecule has 0 aromatic heterocycles. The molecule has 0 bridgehead atoms. The lowest BCUT2D eigenvalue weighted by Crippen LogP contribution is -2.00. The summed E-state index contributed by atoms with van der Waals surface area (Å²) in [7, 11) is 0. The molecule has 0 aliphatic rings. The van der Waals surface area contributed by atoms with Crippen LogP contribution in [0.1, 0.15) is 12.5 Å². The van der Waals surface area contributed by atoms with Gasteiger partial charge in [0.05, 0.1) is 0 Å². The van der Waals surface area contributed by atoms with Crippen molar-refractivity contribution in [2.75, 3.05) is 0 Å². The van der Waals surface area contributed by atoms with Gasteiger partial charge in [-0.1, -0.05) is 30.3 Å². The van der Waals surface area contributed by atoms with E-state index in [1.54, 1.807) is 6.08 Å². The molecule has 0 aliphatic heterocycles. The van der Waals surface area contributed by atoms with Gasteiger partial charge >= 0.3 is 5.97 Å². The summed E-state index contributed by atoms with van der Waals surface area (Å²) in [5.41, 5.74) is 0.863. The number of allylic oxidation sites excluding steroid dienone is 1. The van der Waals surface area contributed by atoms with Gasteiger partial charge in [0.1, 0.15) is 0 Å². The normalized spacial score (nSPS) is 9.56. The van der Waals surface area contributed by atoms with Crippen LogP contribution in [0.2, 0.25) is 0 Å². The Morgan fingerprint density at radius 2 is 1.94 bits per heavy atom. The van der Waals surface area contributed by atoms with E-state index >= 15 is 0 Å². The average molecular weight is 218 g/mol. The van der Waals surface area contributed by atoms with Gasteiger partial charge in [0.15, 0.2) is 5.94 Å². The van der Waals surface area contributed by atoms with E-state index in [1.165, 1.54) is 18.9 Å². The lowest BCUT2D eigenvalue weighted by atomic mass is 10.2. The molecule has 0 fully saturated rings. The lowest BCUT2D eigenvalue weighted by molar-refractivity contribution is -0.240. The summed E-state index contributed by atoms with van der Waals surface area (Å²) in [6.45, 7) is 1.33. The summed E-state index contributed by atoms with van der Waals surface area (Å²) in [5, 5.41) is 0. The van der Waals surface area contributed by atoms with Crippen molar-refractivity contribution in [3.8, 4) is 0 Å². The Hall–Kier alpha value is -2.32. The summed E-state index contributed by atoms with van der Waals surface area (Å²) in [6, 6.07) is 9.24. The molecule has 0 atom stereocenters. The van der Waals surface area contributed by atoms with E-state index in [1.807, 2.05) is 30.3 Å². The Balaban J connectivity index is 2.46. The minimum absolute atomic E-state index is 0.138. The second kappa shape index (κ2) is 6.22. The minimum atomic E-state index is -0.696. The third-order valence-corrected chi connectivity index (χ3v) is 1.60. The first-order valence-corrected chi connectivity index (χ1v) is 4.55. The predicted molar refractivity (Wildman–Crippen MR) is 57.5 cm³/mol. The van der Waals surface area contributed by atoms with Crippen molar-refractivity contribution in [3.05, 3.63) is 47.7 Å². The topological polar surface area (TPSA) is 52.6 Å². The molecule has 0 spiro atoms. The fourth-order valence-electron chi connectivity index (χ4n) is 0.877. The number of hydrogen-bond donors (Lipinski definition) is 0. The molecule has 1 rings (SSSR count). The summed E-state index contributed by atoms with van der Waals surface area (Å²) >= 11 is 0. The third kappa shape index (κ3) is 4.26. The van der Waals surface area contributed by atoms with Crippen molar-refractivity contribution < 1.29 is 19.4 Å². The van der Waals surface area contributed by atoms with Crippen LogP contribution in [0, 0.1) is 0 Å². The zero-order valence-corrected chi connectivity index (χ0v) is 8.67. The summed E-state index contributed by atoms with van der Waals surface area (Å²) in [5.74, 6) is 0.604. The van der Waals surface area contributed by atoms with E-state index in [-0.39, 0.29) is 5.76 Å². The van der Waals surface area contributed by atoms with Crippen LogP contribution < -0.4 is 0 Å². The molecular formula is C12H10O4. The van der Waals surface area contributed by atoms with Crippen molar-refractivity contribution in [2.24, 2.45) is 0 Å². The van der Waals surface area contributed by atoms with E-state index in [4.69, 9.17) is 0 Å². The van der Waals surface area contributed by atoms with Crippen LogP contribution in [0.5, 0.6) is 0 Å². The second-order valence-electron chi connectivity index (χ2n) is 2.89. The van der Waals surface area contributed by atoms with Crippen LogP contribution in [0.3, 0.4) is 0 Å². The fourth-order valence-corrected chi connectivity index (χ4v) is 0.877. The Morgan fingerprint density at radius 1 is 1.25 bits per heavy atom. The van der Waals surface area contributed by atoms with Crippen LogP contribution in [0.25, 0.3) is 6.08 Å². The molecule has 1 aromatic carbocycles. The highest BCUT2D eigenvalue weighted by Crippen LogP contribution is 2.01. The molecule has 0 radical (unpaired) electrons. The first-order chi connectivity index (χ1) is 7.72. The van der Waals surface area contributed by atoms with Gasteiger partial charge in [0, 0.05) is 13.0 Å². The maximum absolute atomic E-state index is 11.1. The van der Waals surface area contributed by atoms with Gasteiger partial charge in [-0.3, -0.25) is 4.89 Å². The fraction of sp³-hybridized carbons (Fsp3) is 0.0833. The third-order valence-electron chi connectivity index (χ3n) is 1.60. The van der Waals surface area contributed by atoms with Gasteiger partial charge in [0.2, 0.25) is 5.76 Å². The lowest BCUT2D eigenvalue weighted by Gasteiger charge is -1.97. The molecule has 0 heterocycles. The van der Waals surface area contributed by atoms with E-state index in [9.17, 15) is 9.59 Å². The summed E-state index contributed by atoms with van der Waals surface area (Å²) < 4.78 is 0. The zero-order chi connectivity index (χ0) is 11.8. The zero-order valence-electron chi connectivity index (χ0n) is 8.67. The van der Waals surface area contributed by atoms with Gasteiger partial charge in [-0.15, -0.1) is 0 Å². The number of carbonyl (C=O) groups is 1. The molecule has 0 amide bonds. The highest BCUT2D eigenvalue weighted by molar-refractivity contribution is 5.86. The number of carbonyl (C=O) groups excluding carboxylic acids is 2. The van der Waals surface area contributed by atoms with Gasteiger partial charge in [-0.05, 0) is 11.6 Å². The molecular weight excluding hydrogens is 208 g/mol. The summed E-state index contributed by atoms with van der Waals surface area (Å²) in [6.07, 6.45) is 2.78. The molecule has 0 N–H and O–H groups in total. The molecule has 1 aromatic rings. The van der Waals surface area contributed by atoms with Crippen LogP contribution in [0.4, 0.5) is 0 Å². The monoisotopic (exact) mass is 218 g/mol. The average Bonchev–Trinajstić information content (AvgIpc) is 2.34. The van der Waals surface area contributed by atoms with Crippen molar-refractivity contribution in [3.63, 3.8) is 0 Å². The van der Waals surface area contributed by atoms with Gasteiger partial charge in [0.25, 0.3) is 0 Å². The van der Waals surface area contributed by atoms with Crippen molar-refractivity contribution in [2.45, 2.75) is 6.92 Å².